The second-order valence-electron chi connectivity index (χ2n) is 3.88. The van der Waals surface area contributed by atoms with Gasteiger partial charge in [-0.25, -0.2) is 9.50 Å². The van der Waals surface area contributed by atoms with E-state index in [2.05, 4.69) is 15.1 Å². The molecule has 0 unspecified atom stereocenters. The molecule has 0 bridgehead atoms. The normalized spacial score (nSPS) is 11.2. The SMILES string of the molecule is ClCCCc1ncc(-c2cnn3ccncc23)o1. The van der Waals surface area contributed by atoms with Crippen LogP contribution in [0.1, 0.15) is 12.3 Å². The topological polar surface area (TPSA) is 56.2 Å². The summed E-state index contributed by atoms with van der Waals surface area (Å²) in [7, 11) is 0. The van der Waals surface area contributed by atoms with Gasteiger partial charge in [0, 0.05) is 24.7 Å². The number of oxazole rings is 1. The van der Waals surface area contributed by atoms with E-state index >= 15 is 0 Å². The molecular formula is C12H11ClN4O. The smallest absolute Gasteiger partial charge is 0.194 e. The van der Waals surface area contributed by atoms with Crippen LogP contribution in [-0.4, -0.2) is 25.5 Å². The van der Waals surface area contributed by atoms with Crippen molar-refractivity contribution in [1.82, 2.24) is 19.6 Å². The summed E-state index contributed by atoms with van der Waals surface area (Å²) in [6.45, 7) is 0. The van der Waals surface area contributed by atoms with Crippen LogP contribution in [0.3, 0.4) is 0 Å². The second kappa shape index (κ2) is 4.78. The van der Waals surface area contributed by atoms with E-state index in [9.17, 15) is 0 Å². The van der Waals surface area contributed by atoms with Crippen LogP contribution in [0.25, 0.3) is 16.8 Å². The number of halogens is 1. The fraction of sp³-hybridized carbons (Fsp3) is 0.250. The van der Waals surface area contributed by atoms with E-state index < -0.39 is 0 Å². The number of rotatable bonds is 4. The van der Waals surface area contributed by atoms with Gasteiger partial charge in [-0.1, -0.05) is 0 Å². The van der Waals surface area contributed by atoms with E-state index in [0.717, 1.165) is 23.9 Å². The monoisotopic (exact) mass is 262 g/mol. The van der Waals surface area contributed by atoms with E-state index in [4.69, 9.17) is 16.0 Å². The Labute approximate surface area is 108 Å². The Balaban J connectivity index is 1.96. The molecule has 18 heavy (non-hydrogen) atoms. The predicted octanol–water partition coefficient (Wildman–Crippen LogP) is 2.56. The molecule has 0 aromatic carbocycles. The average Bonchev–Trinajstić information content (AvgIpc) is 3.02. The number of hydrogen-bond acceptors (Lipinski definition) is 4. The van der Waals surface area contributed by atoms with Crippen molar-refractivity contribution in [3.8, 4) is 11.3 Å². The molecule has 3 rings (SSSR count). The number of alkyl halides is 1. The zero-order valence-corrected chi connectivity index (χ0v) is 10.3. The standard InChI is InChI=1S/C12H11ClN4O/c13-3-1-2-12-15-8-11(18-12)9-6-16-17-5-4-14-7-10(9)17/h4-8H,1-3H2. The second-order valence-corrected chi connectivity index (χ2v) is 4.25. The molecule has 0 fully saturated rings. The summed E-state index contributed by atoms with van der Waals surface area (Å²) in [5, 5.41) is 4.23. The lowest BCUT2D eigenvalue weighted by atomic mass is 10.2. The summed E-state index contributed by atoms with van der Waals surface area (Å²) in [6, 6.07) is 0. The van der Waals surface area contributed by atoms with Gasteiger partial charge in [0.05, 0.1) is 29.7 Å². The number of aryl methyl sites for hydroxylation is 1. The molecule has 0 saturated heterocycles. The molecule has 3 aromatic rings. The fourth-order valence-corrected chi connectivity index (χ4v) is 1.93. The zero-order chi connectivity index (χ0) is 12.4. The summed E-state index contributed by atoms with van der Waals surface area (Å²) < 4.78 is 7.44. The van der Waals surface area contributed by atoms with Crippen LogP contribution in [0.4, 0.5) is 0 Å². The van der Waals surface area contributed by atoms with Crippen LogP contribution in [0.15, 0.2) is 35.4 Å². The van der Waals surface area contributed by atoms with E-state index in [1.165, 1.54) is 0 Å². The number of hydrogen-bond donors (Lipinski definition) is 0. The van der Waals surface area contributed by atoms with Crippen LogP contribution in [0.2, 0.25) is 0 Å². The Hall–Kier alpha value is -1.88. The molecule has 0 atom stereocenters. The Morgan fingerprint density at radius 1 is 1.28 bits per heavy atom. The number of aromatic nitrogens is 4. The maximum absolute atomic E-state index is 5.69. The van der Waals surface area contributed by atoms with Crippen LogP contribution < -0.4 is 0 Å². The number of fused-ring (bicyclic) bond motifs is 1. The molecule has 0 radical (unpaired) electrons. The molecule has 0 aliphatic heterocycles. The first-order valence-electron chi connectivity index (χ1n) is 5.67. The summed E-state index contributed by atoms with van der Waals surface area (Å²) >= 11 is 5.64. The van der Waals surface area contributed by atoms with Crippen LogP contribution in [0.5, 0.6) is 0 Å². The van der Waals surface area contributed by atoms with Gasteiger partial charge in [-0.15, -0.1) is 11.6 Å². The van der Waals surface area contributed by atoms with E-state index in [-0.39, 0.29) is 0 Å². The van der Waals surface area contributed by atoms with E-state index in [0.29, 0.717) is 17.5 Å². The van der Waals surface area contributed by atoms with Gasteiger partial charge >= 0.3 is 0 Å². The molecule has 3 heterocycles. The van der Waals surface area contributed by atoms with Gasteiger partial charge in [0.15, 0.2) is 11.7 Å². The Kier molecular flexibility index (Phi) is 2.98. The summed E-state index contributed by atoms with van der Waals surface area (Å²) in [4.78, 5) is 8.32. The maximum Gasteiger partial charge on any atom is 0.194 e. The Morgan fingerprint density at radius 3 is 3.11 bits per heavy atom. The van der Waals surface area contributed by atoms with Crippen molar-refractivity contribution in [1.29, 1.82) is 0 Å². The summed E-state index contributed by atoms with van der Waals surface area (Å²) in [5.74, 6) is 2.02. The molecule has 0 N–H and O–H groups in total. The third kappa shape index (κ3) is 1.97. The highest BCUT2D eigenvalue weighted by Gasteiger charge is 2.11. The van der Waals surface area contributed by atoms with Crippen molar-refractivity contribution in [2.75, 3.05) is 5.88 Å². The molecule has 0 amide bonds. The van der Waals surface area contributed by atoms with Crippen LogP contribution >= 0.6 is 11.6 Å². The highest BCUT2D eigenvalue weighted by molar-refractivity contribution is 6.17. The first kappa shape index (κ1) is 11.2. The molecule has 0 spiro atoms. The minimum Gasteiger partial charge on any atom is -0.441 e. The van der Waals surface area contributed by atoms with Crippen molar-refractivity contribution in [2.45, 2.75) is 12.8 Å². The van der Waals surface area contributed by atoms with E-state index in [1.807, 2.05) is 0 Å². The van der Waals surface area contributed by atoms with Crippen molar-refractivity contribution >= 4 is 17.1 Å². The van der Waals surface area contributed by atoms with Gasteiger partial charge in [0.25, 0.3) is 0 Å². The molecule has 5 nitrogen and oxygen atoms in total. The van der Waals surface area contributed by atoms with Gasteiger partial charge in [-0.05, 0) is 6.42 Å². The first-order valence-corrected chi connectivity index (χ1v) is 6.20. The number of nitrogens with zero attached hydrogens (tertiary/aromatic N) is 4. The molecule has 0 saturated carbocycles. The lowest BCUT2D eigenvalue weighted by molar-refractivity contribution is 0.504. The molecule has 0 aliphatic carbocycles. The lowest BCUT2D eigenvalue weighted by Crippen LogP contribution is -1.85. The van der Waals surface area contributed by atoms with Crippen LogP contribution in [0, 0.1) is 0 Å². The van der Waals surface area contributed by atoms with Gasteiger partial charge in [0.2, 0.25) is 0 Å². The van der Waals surface area contributed by atoms with Gasteiger partial charge in [-0.2, -0.15) is 5.10 Å². The molecule has 0 aliphatic rings. The van der Waals surface area contributed by atoms with Crippen molar-refractivity contribution < 1.29 is 4.42 Å². The fourth-order valence-electron chi connectivity index (χ4n) is 1.79. The highest BCUT2D eigenvalue weighted by Crippen LogP contribution is 2.24. The molecule has 3 aromatic heterocycles. The van der Waals surface area contributed by atoms with E-state index in [1.54, 1.807) is 35.5 Å². The Morgan fingerprint density at radius 2 is 2.22 bits per heavy atom. The largest absolute Gasteiger partial charge is 0.441 e. The predicted molar refractivity (Wildman–Crippen MR) is 67.5 cm³/mol. The minimum atomic E-state index is 0.609. The quantitative estimate of drug-likeness (QED) is 0.678. The van der Waals surface area contributed by atoms with Crippen molar-refractivity contribution in [3.63, 3.8) is 0 Å². The summed E-state index contributed by atoms with van der Waals surface area (Å²) in [6.07, 6.45) is 10.3. The highest BCUT2D eigenvalue weighted by atomic mass is 35.5. The zero-order valence-electron chi connectivity index (χ0n) is 9.58. The molecule has 6 heteroatoms. The maximum atomic E-state index is 5.69. The van der Waals surface area contributed by atoms with Gasteiger partial charge in [-0.3, -0.25) is 4.98 Å². The van der Waals surface area contributed by atoms with Crippen LogP contribution in [-0.2, 0) is 6.42 Å². The van der Waals surface area contributed by atoms with Crippen molar-refractivity contribution in [2.24, 2.45) is 0 Å². The minimum absolute atomic E-state index is 0.609. The average molecular weight is 263 g/mol. The molecular weight excluding hydrogens is 252 g/mol. The summed E-state index contributed by atoms with van der Waals surface area (Å²) in [5.41, 5.74) is 1.80. The lowest BCUT2D eigenvalue weighted by Gasteiger charge is -1.94. The molecule has 92 valence electrons. The third-order valence-electron chi connectivity index (χ3n) is 2.67. The Bertz CT molecular complexity index is 661. The van der Waals surface area contributed by atoms with Gasteiger partial charge < -0.3 is 4.42 Å². The van der Waals surface area contributed by atoms with Crippen molar-refractivity contribution in [3.05, 3.63) is 36.9 Å². The third-order valence-corrected chi connectivity index (χ3v) is 2.94. The van der Waals surface area contributed by atoms with Gasteiger partial charge in [0.1, 0.15) is 0 Å². The first-order chi connectivity index (χ1) is 8.88.